The maximum absolute atomic E-state index is 13.9. The standard InChI is InChI=1S/C28H21NO5/c1-15-12-13-18(14-16(15)2)29-26(32)21-22(27(29)33)28(34-23(21)17-8-4-3-5-9-17)24(30)19-10-6-7-11-20(19)25(28)31/h3-14,21-23H,1-2H3/t21-,22-,23-/m0/s1. The second-order valence-electron chi connectivity index (χ2n) is 9.17. The Morgan fingerprint density at radius 3 is 1.97 bits per heavy atom. The number of aryl methyl sites for hydroxylation is 2. The summed E-state index contributed by atoms with van der Waals surface area (Å²) in [5, 5.41) is 0. The van der Waals surface area contributed by atoms with Gasteiger partial charge in [-0.3, -0.25) is 19.2 Å². The maximum atomic E-state index is 13.9. The molecule has 2 aliphatic heterocycles. The van der Waals surface area contributed by atoms with Gasteiger partial charge in [0.15, 0.2) is 0 Å². The van der Waals surface area contributed by atoms with E-state index in [9.17, 15) is 19.2 Å². The normalized spacial score (nSPS) is 24.8. The number of carbonyl (C=O) groups is 4. The lowest BCUT2D eigenvalue weighted by Gasteiger charge is -2.27. The van der Waals surface area contributed by atoms with Gasteiger partial charge in [-0.05, 0) is 42.7 Å². The molecule has 168 valence electrons. The van der Waals surface area contributed by atoms with Crippen molar-refractivity contribution < 1.29 is 23.9 Å². The molecule has 0 bridgehead atoms. The number of hydrogen-bond donors (Lipinski definition) is 0. The average molecular weight is 451 g/mol. The number of carbonyl (C=O) groups excluding carboxylic acids is 4. The topological polar surface area (TPSA) is 80.8 Å². The third kappa shape index (κ3) is 2.49. The van der Waals surface area contributed by atoms with Crippen LogP contribution in [0.5, 0.6) is 0 Å². The molecule has 6 heteroatoms. The van der Waals surface area contributed by atoms with Gasteiger partial charge in [-0.1, -0.05) is 60.7 Å². The van der Waals surface area contributed by atoms with Gasteiger partial charge in [0.1, 0.15) is 0 Å². The number of Topliss-reactive ketones (excluding diaryl/α,β-unsaturated/α-hetero) is 2. The lowest BCUT2D eigenvalue weighted by Crippen LogP contribution is -2.51. The van der Waals surface area contributed by atoms with Crippen molar-refractivity contribution >= 4 is 29.1 Å². The fourth-order valence-corrected chi connectivity index (χ4v) is 5.58. The van der Waals surface area contributed by atoms with Crippen molar-refractivity contribution in [1.82, 2.24) is 0 Å². The number of imide groups is 1. The highest BCUT2D eigenvalue weighted by Crippen LogP contribution is 2.57. The molecule has 3 aromatic carbocycles. The SMILES string of the molecule is Cc1ccc(N2C(=O)[C@H]3[C@@H](C2=O)C2(O[C@H]3c3ccccc3)C(=O)c3ccccc3C2=O)cc1C. The summed E-state index contributed by atoms with van der Waals surface area (Å²) in [4.78, 5) is 56.3. The van der Waals surface area contributed by atoms with Gasteiger partial charge in [0.05, 0.1) is 23.6 Å². The molecule has 0 unspecified atom stereocenters. The lowest BCUT2D eigenvalue weighted by molar-refractivity contribution is -0.127. The Labute approximate surface area is 196 Å². The van der Waals surface area contributed by atoms with Crippen LogP contribution in [0.2, 0.25) is 0 Å². The van der Waals surface area contributed by atoms with E-state index in [1.807, 2.05) is 26.0 Å². The van der Waals surface area contributed by atoms with Crippen LogP contribution < -0.4 is 4.90 Å². The Kier molecular flexibility index (Phi) is 4.29. The third-order valence-corrected chi connectivity index (χ3v) is 7.40. The van der Waals surface area contributed by atoms with Crippen LogP contribution in [0.25, 0.3) is 0 Å². The molecule has 6 rings (SSSR count). The summed E-state index contributed by atoms with van der Waals surface area (Å²) in [5.74, 6) is -4.36. The largest absolute Gasteiger partial charge is 0.349 e. The first-order valence-electron chi connectivity index (χ1n) is 11.2. The zero-order valence-corrected chi connectivity index (χ0v) is 18.6. The summed E-state index contributed by atoms with van der Waals surface area (Å²) >= 11 is 0. The summed E-state index contributed by atoms with van der Waals surface area (Å²) < 4.78 is 6.27. The van der Waals surface area contributed by atoms with Gasteiger partial charge >= 0.3 is 0 Å². The molecule has 2 amide bonds. The highest BCUT2D eigenvalue weighted by atomic mass is 16.5. The summed E-state index contributed by atoms with van der Waals surface area (Å²) in [7, 11) is 0. The Morgan fingerprint density at radius 2 is 1.35 bits per heavy atom. The van der Waals surface area contributed by atoms with Crippen LogP contribution in [0, 0.1) is 25.7 Å². The van der Waals surface area contributed by atoms with Crippen molar-refractivity contribution in [2.45, 2.75) is 25.6 Å². The predicted molar refractivity (Wildman–Crippen MR) is 123 cm³/mol. The molecule has 2 heterocycles. The Morgan fingerprint density at radius 1 is 0.735 bits per heavy atom. The monoisotopic (exact) mass is 451 g/mol. The third-order valence-electron chi connectivity index (χ3n) is 7.40. The zero-order valence-electron chi connectivity index (χ0n) is 18.6. The van der Waals surface area contributed by atoms with E-state index in [1.165, 1.54) is 0 Å². The van der Waals surface area contributed by atoms with Crippen molar-refractivity contribution in [2.24, 2.45) is 11.8 Å². The van der Waals surface area contributed by atoms with E-state index >= 15 is 0 Å². The number of ketones is 2. The minimum absolute atomic E-state index is 0.227. The van der Waals surface area contributed by atoms with Gasteiger partial charge in [-0.15, -0.1) is 0 Å². The number of fused-ring (bicyclic) bond motifs is 3. The number of nitrogens with zero attached hydrogens (tertiary/aromatic N) is 1. The molecule has 0 aromatic heterocycles. The molecule has 2 saturated heterocycles. The van der Waals surface area contributed by atoms with Gasteiger partial charge in [0.2, 0.25) is 29.0 Å². The fraction of sp³-hybridized carbons (Fsp3) is 0.214. The molecule has 1 aliphatic carbocycles. The van der Waals surface area contributed by atoms with E-state index in [1.54, 1.807) is 60.7 Å². The Balaban J connectivity index is 1.55. The number of hydrogen-bond acceptors (Lipinski definition) is 5. The number of amides is 2. The summed E-state index contributed by atoms with van der Waals surface area (Å²) in [6.45, 7) is 3.85. The van der Waals surface area contributed by atoms with Crippen LogP contribution in [-0.2, 0) is 14.3 Å². The molecule has 3 aromatic rings. The number of rotatable bonds is 2. The van der Waals surface area contributed by atoms with Crippen molar-refractivity contribution in [1.29, 1.82) is 0 Å². The predicted octanol–water partition coefficient (Wildman–Crippen LogP) is 4.00. The van der Waals surface area contributed by atoms with Crippen molar-refractivity contribution in [3.8, 4) is 0 Å². The highest BCUT2D eigenvalue weighted by molar-refractivity contribution is 6.37. The van der Waals surface area contributed by atoms with Gasteiger partial charge in [-0.25, -0.2) is 4.90 Å². The maximum Gasteiger partial charge on any atom is 0.241 e. The van der Waals surface area contributed by atoms with Crippen LogP contribution in [-0.4, -0.2) is 29.0 Å². The van der Waals surface area contributed by atoms with E-state index in [2.05, 4.69) is 0 Å². The second kappa shape index (κ2) is 7.05. The molecular weight excluding hydrogens is 430 g/mol. The van der Waals surface area contributed by atoms with Gasteiger partial charge in [-0.2, -0.15) is 0 Å². The summed E-state index contributed by atoms with van der Waals surface area (Å²) in [6.07, 6.45) is -0.901. The molecule has 2 fully saturated rings. The molecular formula is C28H21NO5. The second-order valence-corrected chi connectivity index (χ2v) is 9.17. The quantitative estimate of drug-likeness (QED) is 0.435. The summed E-state index contributed by atoms with van der Waals surface area (Å²) in [6, 6.07) is 20.8. The van der Waals surface area contributed by atoms with Crippen molar-refractivity contribution in [3.63, 3.8) is 0 Å². The zero-order chi connectivity index (χ0) is 23.8. The first kappa shape index (κ1) is 20.7. The number of anilines is 1. The smallest absolute Gasteiger partial charge is 0.241 e. The molecule has 3 atom stereocenters. The molecule has 6 nitrogen and oxygen atoms in total. The minimum Gasteiger partial charge on any atom is -0.349 e. The van der Waals surface area contributed by atoms with E-state index in [4.69, 9.17) is 4.74 Å². The lowest BCUT2D eigenvalue weighted by atomic mass is 9.77. The van der Waals surface area contributed by atoms with E-state index < -0.39 is 46.9 Å². The average Bonchev–Trinajstić information content (AvgIpc) is 3.42. The Hall–Kier alpha value is -3.90. The molecule has 34 heavy (non-hydrogen) atoms. The van der Waals surface area contributed by atoms with Gasteiger partial charge in [0.25, 0.3) is 0 Å². The minimum atomic E-state index is -2.05. The van der Waals surface area contributed by atoms with Crippen LogP contribution in [0.3, 0.4) is 0 Å². The molecule has 1 spiro atoms. The van der Waals surface area contributed by atoms with Crippen molar-refractivity contribution in [2.75, 3.05) is 4.90 Å². The van der Waals surface area contributed by atoms with Crippen LogP contribution in [0.1, 0.15) is 43.5 Å². The summed E-state index contributed by atoms with van der Waals surface area (Å²) in [5.41, 5.74) is 1.45. The highest BCUT2D eigenvalue weighted by Gasteiger charge is 2.74. The van der Waals surface area contributed by atoms with Crippen LogP contribution in [0.15, 0.2) is 72.8 Å². The van der Waals surface area contributed by atoms with E-state index in [0.717, 1.165) is 16.0 Å². The van der Waals surface area contributed by atoms with Crippen LogP contribution in [0.4, 0.5) is 5.69 Å². The van der Waals surface area contributed by atoms with Crippen LogP contribution >= 0.6 is 0 Å². The van der Waals surface area contributed by atoms with E-state index in [-0.39, 0.29) is 11.1 Å². The first-order chi connectivity index (χ1) is 16.4. The Bertz CT molecular complexity index is 1370. The molecule has 0 radical (unpaired) electrons. The number of ether oxygens (including phenoxy) is 1. The first-order valence-corrected chi connectivity index (χ1v) is 11.2. The molecule has 0 N–H and O–H groups in total. The van der Waals surface area contributed by atoms with Crippen molar-refractivity contribution in [3.05, 3.63) is 101 Å². The van der Waals surface area contributed by atoms with E-state index in [0.29, 0.717) is 11.3 Å². The van der Waals surface area contributed by atoms with Gasteiger partial charge < -0.3 is 4.74 Å². The number of benzene rings is 3. The van der Waals surface area contributed by atoms with Gasteiger partial charge in [0, 0.05) is 11.1 Å². The molecule has 0 saturated carbocycles. The molecule has 3 aliphatic rings. The fourth-order valence-electron chi connectivity index (χ4n) is 5.58.